The first-order valence-corrected chi connectivity index (χ1v) is 10.1. The number of benzene rings is 1. The number of fused-ring (bicyclic) bond motifs is 3. The molecule has 1 N–H and O–H groups in total. The summed E-state index contributed by atoms with van der Waals surface area (Å²) in [7, 11) is 1.75. The Morgan fingerprint density at radius 3 is 2.93 bits per heavy atom. The predicted molar refractivity (Wildman–Crippen MR) is 110 cm³/mol. The van der Waals surface area contributed by atoms with Crippen LogP contribution in [0.1, 0.15) is 33.9 Å². The lowest BCUT2D eigenvalue weighted by atomic mass is 10.00. The van der Waals surface area contributed by atoms with Crippen molar-refractivity contribution < 1.29 is 4.79 Å². The second-order valence-electron chi connectivity index (χ2n) is 7.09. The van der Waals surface area contributed by atoms with Crippen molar-refractivity contribution in [1.29, 1.82) is 0 Å². The fourth-order valence-corrected chi connectivity index (χ4v) is 4.66. The van der Waals surface area contributed by atoms with E-state index in [2.05, 4.69) is 9.97 Å². The monoisotopic (exact) mass is 390 g/mol. The maximum absolute atomic E-state index is 13.4. The van der Waals surface area contributed by atoms with Crippen LogP contribution in [0.2, 0.25) is 0 Å². The molecule has 3 aromatic heterocycles. The van der Waals surface area contributed by atoms with Crippen molar-refractivity contribution in [2.24, 2.45) is 0 Å². The molecule has 0 bridgehead atoms. The van der Waals surface area contributed by atoms with Crippen molar-refractivity contribution >= 4 is 38.4 Å². The van der Waals surface area contributed by atoms with Crippen molar-refractivity contribution in [3.63, 3.8) is 0 Å². The summed E-state index contributed by atoms with van der Waals surface area (Å²) in [6.45, 7) is 0.241. The quantitative estimate of drug-likeness (QED) is 0.582. The average Bonchev–Trinajstić information content (AvgIpc) is 3.34. The van der Waals surface area contributed by atoms with Crippen LogP contribution in [-0.2, 0) is 19.4 Å². The molecule has 6 nitrogen and oxygen atoms in total. The molecule has 0 spiro atoms. The molecule has 140 valence electrons. The maximum Gasteiger partial charge on any atom is 0.268 e. The van der Waals surface area contributed by atoms with Gasteiger partial charge in [0.05, 0.1) is 23.1 Å². The Hall–Kier alpha value is -3.06. The summed E-state index contributed by atoms with van der Waals surface area (Å²) in [6.07, 6.45) is 2.80. The lowest BCUT2D eigenvalue weighted by molar-refractivity contribution is 0.0782. The van der Waals surface area contributed by atoms with Gasteiger partial charge in [0.2, 0.25) is 0 Å². The van der Waals surface area contributed by atoms with Gasteiger partial charge in [-0.3, -0.25) is 14.6 Å². The number of nitrogens with one attached hydrogen (secondary N) is 1. The maximum atomic E-state index is 13.4. The molecule has 0 atom stereocenters. The van der Waals surface area contributed by atoms with E-state index >= 15 is 0 Å². The number of hydrogen-bond donors (Lipinski definition) is 1. The molecular formula is C21H18N4O2S. The van der Waals surface area contributed by atoms with Crippen LogP contribution in [0.3, 0.4) is 0 Å². The minimum Gasteiger partial charge on any atom is -0.334 e. The van der Waals surface area contributed by atoms with Crippen LogP contribution in [0.15, 0.2) is 40.5 Å². The number of rotatable bonds is 3. The molecule has 1 aliphatic carbocycles. The van der Waals surface area contributed by atoms with Crippen molar-refractivity contribution in [1.82, 2.24) is 19.9 Å². The van der Waals surface area contributed by atoms with E-state index in [0.29, 0.717) is 16.0 Å². The van der Waals surface area contributed by atoms with E-state index < -0.39 is 0 Å². The van der Waals surface area contributed by atoms with Gasteiger partial charge in [-0.25, -0.2) is 4.98 Å². The summed E-state index contributed by atoms with van der Waals surface area (Å²) in [5.74, 6) is 0.423. The van der Waals surface area contributed by atoms with Crippen molar-refractivity contribution in [2.75, 3.05) is 7.05 Å². The number of pyridine rings is 1. The number of carbonyl (C=O) groups excluding carboxylic acids is 1. The smallest absolute Gasteiger partial charge is 0.268 e. The zero-order valence-corrected chi connectivity index (χ0v) is 16.2. The fourth-order valence-electron chi connectivity index (χ4n) is 3.94. The first-order valence-electron chi connectivity index (χ1n) is 9.24. The number of carbonyl (C=O) groups is 1. The van der Waals surface area contributed by atoms with Crippen molar-refractivity contribution in [2.45, 2.75) is 25.8 Å². The zero-order chi connectivity index (χ0) is 19.3. The predicted octanol–water partition coefficient (Wildman–Crippen LogP) is 3.29. The van der Waals surface area contributed by atoms with Gasteiger partial charge in [0.1, 0.15) is 10.5 Å². The first-order chi connectivity index (χ1) is 13.6. The first kappa shape index (κ1) is 17.1. The Labute approximate surface area is 164 Å². The van der Waals surface area contributed by atoms with Crippen LogP contribution in [0.25, 0.3) is 21.1 Å². The molecule has 0 saturated heterocycles. The van der Waals surface area contributed by atoms with Gasteiger partial charge in [-0.2, -0.15) is 0 Å². The third-order valence-corrected chi connectivity index (χ3v) is 6.13. The highest BCUT2D eigenvalue weighted by Crippen LogP contribution is 2.30. The molecule has 1 amide bonds. The minimum atomic E-state index is -0.161. The number of aromatic nitrogens is 3. The lowest BCUT2D eigenvalue weighted by Crippen LogP contribution is -2.29. The Kier molecular flexibility index (Phi) is 3.98. The lowest BCUT2D eigenvalue weighted by Gasteiger charge is -2.20. The number of nitrogens with zero attached hydrogens (tertiary/aromatic N) is 3. The molecular weight excluding hydrogens is 372 g/mol. The normalized spacial score (nSPS) is 13.2. The van der Waals surface area contributed by atoms with E-state index in [1.54, 1.807) is 11.9 Å². The van der Waals surface area contributed by atoms with Gasteiger partial charge in [0.25, 0.3) is 11.5 Å². The van der Waals surface area contributed by atoms with Gasteiger partial charge in [-0.05, 0) is 42.3 Å². The molecule has 0 fully saturated rings. The summed E-state index contributed by atoms with van der Waals surface area (Å²) in [5, 5.41) is 2.73. The van der Waals surface area contributed by atoms with Crippen LogP contribution in [0.4, 0.5) is 0 Å². The fraction of sp³-hybridized carbons (Fsp3) is 0.238. The largest absolute Gasteiger partial charge is 0.334 e. The number of amides is 1. The third-order valence-electron chi connectivity index (χ3n) is 5.23. The van der Waals surface area contributed by atoms with E-state index in [9.17, 15) is 9.59 Å². The highest BCUT2D eigenvalue weighted by molar-refractivity contribution is 7.17. The Bertz CT molecular complexity index is 1290. The number of H-pyrrole nitrogens is 1. The second kappa shape index (κ2) is 6.53. The molecule has 28 heavy (non-hydrogen) atoms. The summed E-state index contributed by atoms with van der Waals surface area (Å²) >= 11 is 1.37. The number of thiophene rings is 1. The Morgan fingerprint density at radius 1 is 1.18 bits per heavy atom. The molecule has 4 aromatic rings. The van der Waals surface area contributed by atoms with Gasteiger partial charge in [0, 0.05) is 18.1 Å². The van der Waals surface area contributed by atoms with Crippen LogP contribution >= 0.6 is 11.3 Å². The summed E-state index contributed by atoms with van der Waals surface area (Å²) < 4.78 is 0.607. The number of para-hydroxylation sites is 1. The standard InChI is InChI=1S/C21H18N4O2S/c1-25(11-17-23-16-9-10-28-19(16)20(26)24-17)21(27)18-12-5-2-3-7-14(12)22-15-8-4-6-13(15)18/h2-3,5,7,9-10H,4,6,8,11H2,1H3,(H,23,24,26). The van der Waals surface area contributed by atoms with Crippen molar-refractivity contribution in [3.8, 4) is 0 Å². The van der Waals surface area contributed by atoms with Crippen molar-refractivity contribution in [3.05, 3.63) is 68.7 Å². The van der Waals surface area contributed by atoms with E-state index in [4.69, 9.17) is 4.98 Å². The second-order valence-corrected chi connectivity index (χ2v) is 8.01. The third kappa shape index (κ3) is 2.70. The van der Waals surface area contributed by atoms with Crippen LogP contribution in [-0.4, -0.2) is 32.8 Å². The van der Waals surface area contributed by atoms with Gasteiger partial charge < -0.3 is 9.88 Å². The number of aromatic amines is 1. The van der Waals surface area contributed by atoms with Gasteiger partial charge in [0.15, 0.2) is 0 Å². The molecule has 0 saturated carbocycles. The molecule has 0 radical (unpaired) electrons. The number of hydrogen-bond acceptors (Lipinski definition) is 5. The summed E-state index contributed by atoms with van der Waals surface area (Å²) in [4.78, 5) is 39.3. The van der Waals surface area contributed by atoms with E-state index in [0.717, 1.165) is 47.0 Å². The van der Waals surface area contributed by atoms with Gasteiger partial charge >= 0.3 is 0 Å². The summed E-state index contributed by atoms with van der Waals surface area (Å²) in [5.41, 5.74) is 4.18. The molecule has 0 unspecified atom stereocenters. The Morgan fingerprint density at radius 2 is 2.04 bits per heavy atom. The molecule has 3 heterocycles. The van der Waals surface area contributed by atoms with E-state index in [-0.39, 0.29) is 18.0 Å². The summed E-state index contributed by atoms with van der Waals surface area (Å²) in [6, 6.07) is 9.61. The molecule has 0 aliphatic heterocycles. The topological polar surface area (TPSA) is 79.0 Å². The average molecular weight is 390 g/mol. The van der Waals surface area contributed by atoms with E-state index in [1.807, 2.05) is 35.7 Å². The highest BCUT2D eigenvalue weighted by Gasteiger charge is 2.26. The number of aryl methyl sites for hydroxylation is 1. The van der Waals surface area contributed by atoms with Crippen LogP contribution in [0, 0.1) is 0 Å². The van der Waals surface area contributed by atoms with Gasteiger partial charge in [-0.1, -0.05) is 18.2 Å². The molecule has 7 heteroatoms. The van der Waals surface area contributed by atoms with Crippen LogP contribution < -0.4 is 5.56 Å². The molecule has 5 rings (SSSR count). The Balaban J connectivity index is 1.55. The minimum absolute atomic E-state index is 0.0650. The molecule has 1 aliphatic rings. The van der Waals surface area contributed by atoms with E-state index in [1.165, 1.54) is 11.3 Å². The molecule has 1 aromatic carbocycles. The highest BCUT2D eigenvalue weighted by atomic mass is 32.1. The zero-order valence-electron chi connectivity index (χ0n) is 15.4. The SMILES string of the molecule is CN(Cc1nc2ccsc2c(=O)[nH]1)C(=O)c1c2c(nc3ccccc13)CCC2. The van der Waals surface area contributed by atoms with Crippen LogP contribution in [0.5, 0.6) is 0 Å². The van der Waals surface area contributed by atoms with Gasteiger partial charge in [-0.15, -0.1) is 11.3 Å².